The summed E-state index contributed by atoms with van der Waals surface area (Å²) in [6.07, 6.45) is -1.79. The van der Waals surface area contributed by atoms with Crippen molar-refractivity contribution in [2.75, 3.05) is 30.0 Å². The number of amides is 2. The van der Waals surface area contributed by atoms with Crippen molar-refractivity contribution >= 4 is 23.5 Å². The standard InChI is InChI=1S/C23H18F5N5O2/c24-17-10-15(16(11-18(17)25)23(26,27)28)22(35)33-9-3-8-32(13-33)20-6-5-14(12-30-20)21(34)31-19-4-1-2-7-29-19/h1-2,4-7,10-12H,3,8-9,13H2,(H,29,31,34). The van der Waals surface area contributed by atoms with Crippen molar-refractivity contribution in [1.82, 2.24) is 14.9 Å². The highest BCUT2D eigenvalue weighted by Gasteiger charge is 2.38. The van der Waals surface area contributed by atoms with Crippen molar-refractivity contribution in [3.05, 3.63) is 83.2 Å². The van der Waals surface area contributed by atoms with Crippen LogP contribution in [0.5, 0.6) is 0 Å². The van der Waals surface area contributed by atoms with E-state index in [0.717, 1.165) is 4.90 Å². The number of nitrogens with one attached hydrogen (secondary N) is 1. The molecule has 1 saturated heterocycles. The topological polar surface area (TPSA) is 78.4 Å². The van der Waals surface area contributed by atoms with Crippen molar-refractivity contribution in [3.63, 3.8) is 0 Å². The summed E-state index contributed by atoms with van der Waals surface area (Å²) in [6, 6.07) is 8.35. The number of benzene rings is 1. The Hall–Kier alpha value is -4.09. The maximum atomic E-state index is 13.7. The maximum absolute atomic E-state index is 13.7. The van der Waals surface area contributed by atoms with Crippen LogP contribution >= 0.6 is 0 Å². The zero-order chi connectivity index (χ0) is 25.2. The van der Waals surface area contributed by atoms with Gasteiger partial charge in [-0.3, -0.25) is 9.59 Å². The fraction of sp³-hybridized carbons (Fsp3) is 0.217. The monoisotopic (exact) mass is 491 g/mol. The third kappa shape index (κ3) is 5.36. The van der Waals surface area contributed by atoms with Gasteiger partial charge in [0, 0.05) is 25.5 Å². The van der Waals surface area contributed by atoms with E-state index in [1.54, 1.807) is 29.2 Å². The molecule has 0 radical (unpaired) electrons. The number of aromatic nitrogens is 2. The molecule has 2 aromatic heterocycles. The van der Waals surface area contributed by atoms with E-state index in [9.17, 15) is 31.5 Å². The molecule has 3 heterocycles. The lowest BCUT2D eigenvalue weighted by atomic mass is 10.0. The Morgan fingerprint density at radius 1 is 0.971 bits per heavy atom. The molecule has 1 N–H and O–H groups in total. The van der Waals surface area contributed by atoms with Gasteiger partial charge in [-0.25, -0.2) is 18.7 Å². The highest BCUT2D eigenvalue weighted by molar-refractivity contribution is 6.03. The number of carbonyl (C=O) groups is 2. The second-order valence-corrected chi connectivity index (χ2v) is 7.71. The maximum Gasteiger partial charge on any atom is 0.417 e. The zero-order valence-electron chi connectivity index (χ0n) is 18.0. The lowest BCUT2D eigenvalue weighted by molar-refractivity contribution is -0.138. The van der Waals surface area contributed by atoms with Crippen molar-refractivity contribution < 1.29 is 31.5 Å². The van der Waals surface area contributed by atoms with Crippen molar-refractivity contribution in [2.45, 2.75) is 12.6 Å². The van der Waals surface area contributed by atoms with Crippen LogP contribution in [0.2, 0.25) is 0 Å². The van der Waals surface area contributed by atoms with E-state index in [1.165, 1.54) is 18.5 Å². The van der Waals surface area contributed by atoms with Gasteiger partial charge in [0.2, 0.25) is 0 Å². The number of nitrogens with zero attached hydrogens (tertiary/aromatic N) is 4. The summed E-state index contributed by atoms with van der Waals surface area (Å²) in [4.78, 5) is 36.2. The largest absolute Gasteiger partial charge is 0.417 e. The van der Waals surface area contributed by atoms with E-state index < -0.39 is 40.8 Å². The van der Waals surface area contributed by atoms with E-state index in [0.29, 0.717) is 24.6 Å². The highest BCUT2D eigenvalue weighted by Crippen LogP contribution is 2.34. The first-order valence-electron chi connectivity index (χ1n) is 10.4. The number of halogens is 5. The number of hydrogen-bond donors (Lipinski definition) is 1. The molecule has 3 aromatic rings. The number of carbonyl (C=O) groups excluding carboxylic acids is 2. The fourth-order valence-corrected chi connectivity index (χ4v) is 3.61. The van der Waals surface area contributed by atoms with Gasteiger partial charge in [-0.2, -0.15) is 13.2 Å². The van der Waals surface area contributed by atoms with E-state index in [1.807, 2.05) is 0 Å². The quantitative estimate of drug-likeness (QED) is 0.550. The number of hydrogen-bond acceptors (Lipinski definition) is 5. The predicted molar refractivity (Wildman–Crippen MR) is 116 cm³/mol. The molecule has 1 aliphatic rings. The van der Waals surface area contributed by atoms with Gasteiger partial charge in [0.25, 0.3) is 11.8 Å². The third-order valence-corrected chi connectivity index (χ3v) is 5.32. The molecule has 0 spiro atoms. The van der Waals surface area contributed by atoms with Crippen molar-refractivity contribution in [1.29, 1.82) is 0 Å². The van der Waals surface area contributed by atoms with Crippen LogP contribution < -0.4 is 10.2 Å². The summed E-state index contributed by atoms with van der Waals surface area (Å²) in [5.41, 5.74) is -2.26. The van der Waals surface area contributed by atoms with Gasteiger partial charge in [-0.15, -0.1) is 0 Å². The molecular weight excluding hydrogens is 473 g/mol. The minimum Gasteiger partial charge on any atom is -0.339 e. The summed E-state index contributed by atoms with van der Waals surface area (Å²) in [5, 5.41) is 2.62. The van der Waals surface area contributed by atoms with Crippen LogP contribution in [0.15, 0.2) is 54.9 Å². The van der Waals surface area contributed by atoms with E-state index in [2.05, 4.69) is 15.3 Å². The summed E-state index contributed by atoms with van der Waals surface area (Å²) in [5.74, 6) is -3.99. The van der Waals surface area contributed by atoms with Gasteiger partial charge in [-0.05, 0) is 42.8 Å². The number of pyridine rings is 2. The smallest absolute Gasteiger partial charge is 0.339 e. The van der Waals surface area contributed by atoms with Gasteiger partial charge < -0.3 is 15.1 Å². The highest BCUT2D eigenvalue weighted by atomic mass is 19.4. The predicted octanol–water partition coefficient (Wildman–Crippen LogP) is 4.34. The van der Waals surface area contributed by atoms with Gasteiger partial charge in [0.05, 0.1) is 23.4 Å². The van der Waals surface area contributed by atoms with Gasteiger partial charge in [0.15, 0.2) is 11.6 Å². The molecule has 1 aliphatic heterocycles. The first-order valence-corrected chi connectivity index (χ1v) is 10.4. The number of rotatable bonds is 4. The number of anilines is 2. The Morgan fingerprint density at radius 3 is 2.40 bits per heavy atom. The molecule has 7 nitrogen and oxygen atoms in total. The van der Waals surface area contributed by atoms with Crippen LogP contribution in [0.3, 0.4) is 0 Å². The molecule has 0 saturated carbocycles. The molecule has 0 unspecified atom stereocenters. The lowest BCUT2D eigenvalue weighted by Gasteiger charge is -2.36. The normalized spacial score (nSPS) is 14.1. The molecule has 0 aliphatic carbocycles. The third-order valence-electron chi connectivity index (χ3n) is 5.32. The fourth-order valence-electron chi connectivity index (χ4n) is 3.61. The van der Waals surface area contributed by atoms with Crippen LogP contribution in [-0.2, 0) is 6.18 Å². The molecule has 182 valence electrons. The molecule has 1 fully saturated rings. The van der Waals surface area contributed by atoms with Crippen LogP contribution in [-0.4, -0.2) is 46.4 Å². The van der Waals surface area contributed by atoms with E-state index in [4.69, 9.17) is 0 Å². The molecule has 0 atom stereocenters. The molecule has 0 bridgehead atoms. The van der Waals surface area contributed by atoms with Gasteiger partial charge in [0.1, 0.15) is 11.6 Å². The Labute approximate surface area is 196 Å². The Bertz CT molecular complexity index is 1240. The average molecular weight is 491 g/mol. The summed E-state index contributed by atoms with van der Waals surface area (Å²) >= 11 is 0. The Balaban J connectivity index is 1.49. The molecular formula is C23H18F5N5O2. The minimum atomic E-state index is -5.04. The van der Waals surface area contributed by atoms with Crippen LogP contribution in [0.4, 0.5) is 33.6 Å². The Kier molecular flexibility index (Phi) is 6.63. The molecule has 12 heteroatoms. The molecule has 35 heavy (non-hydrogen) atoms. The van der Waals surface area contributed by atoms with Crippen LogP contribution in [0.25, 0.3) is 0 Å². The number of alkyl halides is 3. The summed E-state index contributed by atoms with van der Waals surface area (Å²) < 4.78 is 67.2. The lowest BCUT2D eigenvalue weighted by Crippen LogP contribution is -2.48. The first kappa shape index (κ1) is 24.0. The van der Waals surface area contributed by atoms with E-state index >= 15 is 0 Å². The first-order chi connectivity index (χ1) is 16.6. The van der Waals surface area contributed by atoms with Gasteiger partial charge >= 0.3 is 6.18 Å². The van der Waals surface area contributed by atoms with Crippen molar-refractivity contribution in [2.24, 2.45) is 0 Å². The van der Waals surface area contributed by atoms with Crippen molar-refractivity contribution in [3.8, 4) is 0 Å². The SMILES string of the molecule is O=C(Nc1ccccn1)c1ccc(N2CCCN(C(=O)c3cc(F)c(F)cc3C(F)(F)F)C2)nc1. The molecule has 4 rings (SSSR count). The molecule has 2 amide bonds. The molecule has 1 aromatic carbocycles. The van der Waals surface area contributed by atoms with Gasteiger partial charge in [-0.1, -0.05) is 6.07 Å². The average Bonchev–Trinajstić information content (AvgIpc) is 2.85. The van der Waals surface area contributed by atoms with Crippen LogP contribution in [0, 0.1) is 11.6 Å². The van der Waals surface area contributed by atoms with E-state index in [-0.39, 0.29) is 30.9 Å². The van der Waals surface area contributed by atoms with Crippen LogP contribution in [0.1, 0.15) is 32.7 Å². The zero-order valence-corrected chi connectivity index (χ0v) is 18.0. The second-order valence-electron chi connectivity index (χ2n) is 7.71. The Morgan fingerprint density at radius 2 is 1.74 bits per heavy atom. The second kappa shape index (κ2) is 9.65. The summed E-state index contributed by atoms with van der Waals surface area (Å²) in [7, 11) is 0. The minimum absolute atomic E-state index is 0.0133. The summed E-state index contributed by atoms with van der Waals surface area (Å²) in [6.45, 7) is 0.442.